The third-order valence-corrected chi connectivity index (χ3v) is 1.17. The number of aromatic amines is 1. The molecule has 0 amide bonds. The Morgan fingerprint density at radius 2 is 2.18 bits per heavy atom. The van der Waals surface area contributed by atoms with Gasteiger partial charge in [0.2, 0.25) is 0 Å². The first-order valence-electron chi connectivity index (χ1n) is 2.80. The number of aromatic nitrogens is 2. The highest BCUT2D eigenvalue weighted by atomic mass is 16.5. The van der Waals surface area contributed by atoms with Gasteiger partial charge in [0.25, 0.3) is 5.56 Å². The summed E-state index contributed by atoms with van der Waals surface area (Å²) in [6.07, 6.45) is 0.862. The zero-order chi connectivity index (χ0) is 8.43. The molecule has 0 spiro atoms. The first kappa shape index (κ1) is 7.55. The van der Waals surface area contributed by atoms with Crippen LogP contribution in [0.3, 0.4) is 0 Å². The van der Waals surface area contributed by atoms with Crippen LogP contribution in [0, 0.1) is 0 Å². The molecule has 0 unspecified atom stereocenters. The molecule has 0 saturated carbocycles. The van der Waals surface area contributed by atoms with E-state index in [1.807, 2.05) is 0 Å². The van der Waals surface area contributed by atoms with Crippen LogP contribution in [0.4, 0.5) is 0 Å². The second-order valence-corrected chi connectivity index (χ2v) is 1.92. The maximum absolute atomic E-state index is 10.7. The number of hydrogen-bond acceptors (Lipinski definition) is 4. The van der Waals surface area contributed by atoms with Crippen LogP contribution in [0.2, 0.25) is 0 Å². The van der Waals surface area contributed by atoms with Crippen molar-refractivity contribution in [2.75, 3.05) is 0 Å². The second-order valence-electron chi connectivity index (χ2n) is 1.92. The van der Waals surface area contributed by atoms with E-state index in [-0.39, 0.29) is 10.3 Å². The topological polar surface area (TPSA) is 95.3 Å². The van der Waals surface area contributed by atoms with E-state index in [0.717, 1.165) is 6.20 Å². The van der Waals surface area contributed by atoms with Crippen LogP contribution >= 0.6 is 0 Å². The van der Waals surface area contributed by atoms with Gasteiger partial charge in [-0.05, 0) is 0 Å². The van der Waals surface area contributed by atoms with Gasteiger partial charge in [0.1, 0.15) is 0 Å². The van der Waals surface area contributed by atoms with E-state index in [2.05, 4.69) is 0 Å². The fourth-order valence-electron chi connectivity index (χ4n) is 0.612. The molecule has 0 aliphatic rings. The number of nitrogens with zero attached hydrogens (tertiary/aromatic N) is 1. The standard InChI is InChI=1S/C5H6N2O4/c8-2-3-1-7(11)5(10)6-4(3)9/h1,8,11H,2H2,(H,6,9,10). The molecular weight excluding hydrogens is 152 g/mol. The van der Waals surface area contributed by atoms with Crippen LogP contribution in [0.25, 0.3) is 0 Å². The molecule has 1 aromatic rings. The molecule has 0 saturated heterocycles. The molecule has 60 valence electrons. The monoisotopic (exact) mass is 158 g/mol. The van der Waals surface area contributed by atoms with Gasteiger partial charge >= 0.3 is 5.69 Å². The number of nitrogens with one attached hydrogen (secondary N) is 1. The Bertz CT molecular complexity index is 363. The third kappa shape index (κ3) is 1.30. The Labute approximate surface area is 60.3 Å². The predicted molar refractivity (Wildman–Crippen MR) is 34.4 cm³/mol. The lowest BCUT2D eigenvalue weighted by Gasteiger charge is -1.95. The van der Waals surface area contributed by atoms with E-state index in [4.69, 9.17) is 10.3 Å². The van der Waals surface area contributed by atoms with E-state index < -0.39 is 17.9 Å². The fourth-order valence-corrected chi connectivity index (χ4v) is 0.612. The molecular formula is C5H6N2O4. The van der Waals surface area contributed by atoms with Gasteiger partial charge in [0.15, 0.2) is 0 Å². The fraction of sp³-hybridized carbons (Fsp3) is 0.200. The van der Waals surface area contributed by atoms with Gasteiger partial charge in [0, 0.05) is 0 Å². The van der Waals surface area contributed by atoms with Crippen LogP contribution in [-0.2, 0) is 6.61 Å². The van der Waals surface area contributed by atoms with E-state index in [0.29, 0.717) is 0 Å². The molecule has 3 N–H and O–H groups in total. The minimum atomic E-state index is -0.924. The maximum atomic E-state index is 10.7. The lowest BCUT2D eigenvalue weighted by Crippen LogP contribution is -2.30. The molecule has 1 rings (SSSR count). The van der Waals surface area contributed by atoms with E-state index in [1.165, 1.54) is 0 Å². The average Bonchev–Trinajstić information content (AvgIpc) is 1.97. The molecule has 0 fully saturated rings. The molecule has 0 atom stereocenters. The minimum Gasteiger partial charge on any atom is -0.424 e. The summed E-state index contributed by atoms with van der Waals surface area (Å²) >= 11 is 0. The summed E-state index contributed by atoms with van der Waals surface area (Å²) in [6, 6.07) is 0. The molecule has 1 aromatic heterocycles. The number of hydrogen-bond donors (Lipinski definition) is 3. The molecule has 11 heavy (non-hydrogen) atoms. The zero-order valence-corrected chi connectivity index (χ0v) is 5.44. The van der Waals surface area contributed by atoms with Crippen LogP contribution in [0.5, 0.6) is 0 Å². The van der Waals surface area contributed by atoms with Crippen molar-refractivity contribution in [3.63, 3.8) is 0 Å². The van der Waals surface area contributed by atoms with Gasteiger partial charge in [-0.1, -0.05) is 0 Å². The number of aliphatic hydroxyl groups is 1. The highest BCUT2D eigenvalue weighted by molar-refractivity contribution is 5.01. The lowest BCUT2D eigenvalue weighted by atomic mass is 10.4. The minimum absolute atomic E-state index is 0.0629. The van der Waals surface area contributed by atoms with Crippen LogP contribution in [0.1, 0.15) is 5.56 Å². The maximum Gasteiger partial charge on any atom is 0.361 e. The summed E-state index contributed by atoms with van der Waals surface area (Å²) in [6.45, 7) is -0.518. The Morgan fingerprint density at radius 1 is 1.55 bits per heavy atom. The Hall–Kier alpha value is -1.56. The van der Waals surface area contributed by atoms with Gasteiger partial charge in [-0.25, -0.2) is 4.79 Å². The van der Waals surface area contributed by atoms with Crippen molar-refractivity contribution >= 4 is 0 Å². The van der Waals surface area contributed by atoms with Crippen molar-refractivity contribution in [2.45, 2.75) is 6.61 Å². The normalized spacial score (nSPS) is 9.91. The van der Waals surface area contributed by atoms with Crippen LogP contribution < -0.4 is 11.2 Å². The Balaban J connectivity index is 3.45. The Morgan fingerprint density at radius 3 is 2.73 bits per heavy atom. The SMILES string of the molecule is O=c1[nH]c(=O)n(O)cc1CO. The molecule has 0 aromatic carbocycles. The van der Waals surface area contributed by atoms with Crippen LogP contribution in [0.15, 0.2) is 15.8 Å². The van der Waals surface area contributed by atoms with Crippen molar-refractivity contribution in [3.05, 3.63) is 32.6 Å². The van der Waals surface area contributed by atoms with Gasteiger partial charge in [-0.15, -0.1) is 4.73 Å². The van der Waals surface area contributed by atoms with Crippen molar-refractivity contribution in [1.82, 2.24) is 9.71 Å². The van der Waals surface area contributed by atoms with Gasteiger partial charge in [0.05, 0.1) is 18.4 Å². The van der Waals surface area contributed by atoms with Gasteiger partial charge in [-0.3, -0.25) is 9.78 Å². The van der Waals surface area contributed by atoms with Crippen LogP contribution in [-0.4, -0.2) is 20.0 Å². The number of rotatable bonds is 1. The molecule has 0 aliphatic heterocycles. The molecule has 1 heterocycles. The smallest absolute Gasteiger partial charge is 0.361 e. The first-order chi connectivity index (χ1) is 5.15. The quantitative estimate of drug-likeness (QED) is 0.423. The molecule has 6 heteroatoms. The summed E-state index contributed by atoms with van der Waals surface area (Å²) in [4.78, 5) is 23.0. The number of aliphatic hydroxyl groups excluding tert-OH is 1. The summed E-state index contributed by atoms with van der Waals surface area (Å²) in [5, 5.41) is 17.2. The van der Waals surface area contributed by atoms with E-state index in [9.17, 15) is 9.59 Å². The molecule has 0 bridgehead atoms. The molecule has 0 aliphatic carbocycles. The first-order valence-corrected chi connectivity index (χ1v) is 2.80. The van der Waals surface area contributed by atoms with Crippen molar-refractivity contribution in [2.24, 2.45) is 0 Å². The summed E-state index contributed by atoms with van der Waals surface area (Å²) < 4.78 is 0.201. The van der Waals surface area contributed by atoms with Gasteiger partial charge in [-0.2, -0.15) is 0 Å². The third-order valence-electron chi connectivity index (χ3n) is 1.17. The largest absolute Gasteiger partial charge is 0.424 e. The lowest BCUT2D eigenvalue weighted by molar-refractivity contribution is 0.165. The van der Waals surface area contributed by atoms with E-state index >= 15 is 0 Å². The highest BCUT2D eigenvalue weighted by Gasteiger charge is 2.00. The second kappa shape index (κ2) is 2.59. The predicted octanol–water partition coefficient (Wildman–Crippen LogP) is -1.73. The number of H-pyrrole nitrogens is 1. The van der Waals surface area contributed by atoms with Crippen molar-refractivity contribution < 1.29 is 10.3 Å². The molecule has 6 nitrogen and oxygen atoms in total. The summed E-state index contributed by atoms with van der Waals surface area (Å²) in [5.41, 5.74) is -1.68. The zero-order valence-electron chi connectivity index (χ0n) is 5.44. The summed E-state index contributed by atoms with van der Waals surface area (Å²) in [5.74, 6) is 0. The van der Waals surface area contributed by atoms with Crippen molar-refractivity contribution in [3.8, 4) is 0 Å². The van der Waals surface area contributed by atoms with E-state index in [1.54, 1.807) is 4.98 Å². The molecule has 0 radical (unpaired) electrons. The Kier molecular flexibility index (Phi) is 1.77. The summed E-state index contributed by atoms with van der Waals surface area (Å²) in [7, 11) is 0. The van der Waals surface area contributed by atoms with Crippen molar-refractivity contribution in [1.29, 1.82) is 0 Å². The van der Waals surface area contributed by atoms with Gasteiger partial charge < -0.3 is 10.3 Å². The average molecular weight is 158 g/mol. The highest BCUT2D eigenvalue weighted by Crippen LogP contribution is 1.82.